The van der Waals surface area contributed by atoms with Gasteiger partial charge in [0.15, 0.2) is 11.5 Å². The van der Waals surface area contributed by atoms with Crippen molar-refractivity contribution >= 4 is 0 Å². The Morgan fingerprint density at radius 3 is 2.77 bits per heavy atom. The van der Waals surface area contributed by atoms with Crippen LogP contribution in [0, 0.1) is 0 Å². The van der Waals surface area contributed by atoms with Crippen LogP contribution in [0.5, 0.6) is 17.2 Å². The highest BCUT2D eigenvalue weighted by Gasteiger charge is 2.13. The standard InChI is InChI=1S/C21H20N2O3/c1-2-6-19(24-14-17-4-3-9-22-12-17)18(5-1)13-23-11-16-7-8-20-21(10-16)26-15-25-20/h1-10,12,23H,11,13-15H2. The van der Waals surface area contributed by atoms with E-state index in [-0.39, 0.29) is 0 Å². The molecule has 0 spiro atoms. The van der Waals surface area contributed by atoms with Gasteiger partial charge in [0, 0.05) is 36.6 Å². The Balaban J connectivity index is 1.34. The molecule has 0 saturated heterocycles. The number of rotatable bonds is 7. The van der Waals surface area contributed by atoms with Crippen LogP contribution in [0.15, 0.2) is 67.0 Å². The van der Waals surface area contributed by atoms with E-state index in [0.717, 1.165) is 47.0 Å². The Hall–Kier alpha value is -3.05. The van der Waals surface area contributed by atoms with E-state index in [9.17, 15) is 0 Å². The van der Waals surface area contributed by atoms with Crippen LogP contribution in [-0.4, -0.2) is 11.8 Å². The average molecular weight is 348 g/mol. The van der Waals surface area contributed by atoms with Crippen molar-refractivity contribution in [3.8, 4) is 17.2 Å². The van der Waals surface area contributed by atoms with Crippen molar-refractivity contribution in [1.82, 2.24) is 10.3 Å². The SMILES string of the molecule is c1cncc(COc2ccccc2CNCc2ccc3c(c2)OCO3)c1. The third kappa shape index (κ3) is 3.95. The molecular weight excluding hydrogens is 328 g/mol. The third-order valence-electron chi connectivity index (χ3n) is 4.17. The van der Waals surface area contributed by atoms with Crippen molar-refractivity contribution in [3.05, 3.63) is 83.7 Å². The smallest absolute Gasteiger partial charge is 0.231 e. The number of nitrogens with one attached hydrogen (secondary N) is 1. The molecule has 5 nitrogen and oxygen atoms in total. The molecule has 1 aliphatic heterocycles. The van der Waals surface area contributed by atoms with E-state index in [1.54, 1.807) is 6.20 Å². The fourth-order valence-electron chi connectivity index (χ4n) is 2.83. The number of ether oxygens (including phenoxy) is 3. The summed E-state index contributed by atoms with van der Waals surface area (Å²) in [6, 6.07) is 18.0. The third-order valence-corrected chi connectivity index (χ3v) is 4.17. The first-order valence-corrected chi connectivity index (χ1v) is 8.57. The van der Waals surface area contributed by atoms with Crippen molar-refractivity contribution in [2.75, 3.05) is 6.79 Å². The summed E-state index contributed by atoms with van der Waals surface area (Å²) >= 11 is 0. The maximum Gasteiger partial charge on any atom is 0.231 e. The van der Waals surface area contributed by atoms with E-state index in [1.165, 1.54) is 0 Å². The van der Waals surface area contributed by atoms with E-state index in [1.807, 2.05) is 54.7 Å². The molecule has 132 valence electrons. The molecule has 0 amide bonds. The molecule has 1 aliphatic rings. The van der Waals surface area contributed by atoms with Gasteiger partial charge in [-0.25, -0.2) is 0 Å². The number of fused-ring (bicyclic) bond motifs is 1. The maximum atomic E-state index is 5.97. The van der Waals surface area contributed by atoms with Crippen molar-refractivity contribution < 1.29 is 14.2 Å². The van der Waals surface area contributed by atoms with Gasteiger partial charge in [0.1, 0.15) is 12.4 Å². The quantitative estimate of drug-likeness (QED) is 0.706. The molecule has 1 N–H and O–H groups in total. The van der Waals surface area contributed by atoms with Crippen molar-refractivity contribution in [2.45, 2.75) is 19.7 Å². The lowest BCUT2D eigenvalue weighted by atomic mass is 10.1. The summed E-state index contributed by atoms with van der Waals surface area (Å²) < 4.78 is 16.7. The number of nitrogens with zero attached hydrogens (tertiary/aromatic N) is 1. The molecule has 0 radical (unpaired) electrons. The first-order valence-electron chi connectivity index (χ1n) is 8.57. The Morgan fingerprint density at radius 2 is 1.85 bits per heavy atom. The fourth-order valence-corrected chi connectivity index (χ4v) is 2.83. The van der Waals surface area contributed by atoms with Gasteiger partial charge in [-0.15, -0.1) is 0 Å². The molecular formula is C21H20N2O3. The van der Waals surface area contributed by atoms with Gasteiger partial charge in [-0.2, -0.15) is 0 Å². The van der Waals surface area contributed by atoms with Crippen LogP contribution in [0.4, 0.5) is 0 Å². The highest BCUT2D eigenvalue weighted by molar-refractivity contribution is 5.44. The number of hydrogen-bond acceptors (Lipinski definition) is 5. The normalized spacial score (nSPS) is 12.2. The van der Waals surface area contributed by atoms with E-state index in [4.69, 9.17) is 14.2 Å². The predicted octanol–water partition coefficient (Wildman–Crippen LogP) is 3.68. The minimum absolute atomic E-state index is 0.299. The average Bonchev–Trinajstić information content (AvgIpc) is 3.16. The molecule has 0 atom stereocenters. The number of hydrogen-bond donors (Lipinski definition) is 1. The van der Waals surface area contributed by atoms with Crippen molar-refractivity contribution in [3.63, 3.8) is 0 Å². The number of para-hydroxylation sites is 1. The summed E-state index contributed by atoms with van der Waals surface area (Å²) in [6.07, 6.45) is 3.58. The monoisotopic (exact) mass is 348 g/mol. The largest absolute Gasteiger partial charge is 0.489 e. The molecule has 0 unspecified atom stereocenters. The lowest BCUT2D eigenvalue weighted by Gasteiger charge is -2.12. The number of benzene rings is 2. The first kappa shape index (κ1) is 16.4. The lowest BCUT2D eigenvalue weighted by Crippen LogP contribution is -2.13. The molecule has 2 aromatic carbocycles. The van der Waals surface area contributed by atoms with Crippen LogP contribution >= 0.6 is 0 Å². The van der Waals surface area contributed by atoms with Gasteiger partial charge in [0.25, 0.3) is 0 Å². The highest BCUT2D eigenvalue weighted by Crippen LogP contribution is 2.32. The molecule has 26 heavy (non-hydrogen) atoms. The minimum atomic E-state index is 0.299. The zero-order chi connectivity index (χ0) is 17.6. The Kier molecular flexibility index (Phi) is 4.98. The van der Waals surface area contributed by atoms with Crippen molar-refractivity contribution in [2.24, 2.45) is 0 Å². The Bertz CT molecular complexity index is 868. The zero-order valence-electron chi connectivity index (χ0n) is 14.4. The van der Waals surface area contributed by atoms with E-state index < -0.39 is 0 Å². The van der Waals surface area contributed by atoms with Crippen LogP contribution in [0.2, 0.25) is 0 Å². The minimum Gasteiger partial charge on any atom is -0.489 e. The summed E-state index contributed by atoms with van der Waals surface area (Å²) in [5.41, 5.74) is 3.33. The molecule has 5 heteroatoms. The molecule has 0 bridgehead atoms. The van der Waals surface area contributed by atoms with E-state index in [0.29, 0.717) is 13.4 Å². The van der Waals surface area contributed by atoms with E-state index in [2.05, 4.69) is 16.4 Å². The van der Waals surface area contributed by atoms with E-state index >= 15 is 0 Å². The van der Waals surface area contributed by atoms with Crippen LogP contribution in [0.1, 0.15) is 16.7 Å². The van der Waals surface area contributed by atoms with Gasteiger partial charge in [0.2, 0.25) is 6.79 Å². The van der Waals surface area contributed by atoms with Crippen LogP contribution < -0.4 is 19.5 Å². The second-order valence-electron chi connectivity index (χ2n) is 6.05. The summed E-state index contributed by atoms with van der Waals surface area (Å²) in [5, 5.41) is 3.46. The van der Waals surface area contributed by atoms with Crippen LogP contribution in [-0.2, 0) is 19.7 Å². The molecule has 0 aliphatic carbocycles. The zero-order valence-corrected chi connectivity index (χ0v) is 14.4. The number of aromatic nitrogens is 1. The van der Waals surface area contributed by atoms with Gasteiger partial charge in [-0.05, 0) is 29.8 Å². The molecule has 2 heterocycles. The Morgan fingerprint density at radius 1 is 0.923 bits per heavy atom. The van der Waals surface area contributed by atoms with Gasteiger partial charge < -0.3 is 19.5 Å². The van der Waals surface area contributed by atoms with Gasteiger partial charge in [0.05, 0.1) is 0 Å². The molecule has 3 aromatic rings. The van der Waals surface area contributed by atoms with Crippen LogP contribution in [0.25, 0.3) is 0 Å². The molecule has 0 fully saturated rings. The summed E-state index contributed by atoms with van der Waals surface area (Å²) in [4.78, 5) is 4.12. The fraction of sp³-hybridized carbons (Fsp3) is 0.190. The predicted molar refractivity (Wildman–Crippen MR) is 98.1 cm³/mol. The van der Waals surface area contributed by atoms with Gasteiger partial charge >= 0.3 is 0 Å². The molecule has 1 aromatic heterocycles. The Labute approximate surface area is 152 Å². The number of pyridine rings is 1. The second kappa shape index (κ2) is 7.89. The second-order valence-corrected chi connectivity index (χ2v) is 6.05. The molecule has 4 rings (SSSR count). The maximum absolute atomic E-state index is 5.97. The summed E-state index contributed by atoms with van der Waals surface area (Å²) in [7, 11) is 0. The summed E-state index contributed by atoms with van der Waals surface area (Å²) in [6.45, 7) is 2.27. The van der Waals surface area contributed by atoms with Crippen molar-refractivity contribution in [1.29, 1.82) is 0 Å². The topological polar surface area (TPSA) is 52.6 Å². The van der Waals surface area contributed by atoms with Crippen LogP contribution in [0.3, 0.4) is 0 Å². The summed E-state index contributed by atoms with van der Waals surface area (Å²) in [5.74, 6) is 2.50. The lowest BCUT2D eigenvalue weighted by molar-refractivity contribution is 0.174. The molecule has 0 saturated carbocycles. The van der Waals surface area contributed by atoms with Gasteiger partial charge in [-0.1, -0.05) is 30.3 Å². The highest BCUT2D eigenvalue weighted by atomic mass is 16.7. The first-order chi connectivity index (χ1) is 12.9. The van der Waals surface area contributed by atoms with Gasteiger partial charge in [-0.3, -0.25) is 4.98 Å².